The molecule has 6 heteroatoms. The fourth-order valence-corrected chi connectivity index (χ4v) is 1.57. The second-order valence-electron chi connectivity index (χ2n) is 4.16. The van der Waals surface area contributed by atoms with Crippen molar-refractivity contribution in [2.24, 2.45) is 4.99 Å². The summed E-state index contributed by atoms with van der Waals surface area (Å²) in [5, 5.41) is 3.18. The van der Waals surface area contributed by atoms with Gasteiger partial charge in [0.2, 0.25) is 0 Å². The van der Waals surface area contributed by atoms with Crippen molar-refractivity contribution >= 4 is 6.21 Å². The van der Waals surface area contributed by atoms with Gasteiger partial charge in [0.05, 0.1) is 19.3 Å². The topological polar surface area (TPSA) is 33.6 Å². The smallest absolute Gasteiger partial charge is 0.378 e. The zero-order valence-corrected chi connectivity index (χ0v) is 10.4. The minimum Gasteiger partial charge on any atom is -0.378 e. The molecule has 0 amide bonds. The Balaban J connectivity index is 2.64. The number of ether oxygens (including phenoxy) is 1. The SMILES string of the molecule is C=C(/C=N\C(=C/C)C(F)(F)F)[C@@H]1COC[C@H](C)N1. The molecule has 1 N–H and O–H groups in total. The molecular formula is C12H17F3N2O. The molecule has 0 aromatic heterocycles. The van der Waals surface area contributed by atoms with Crippen LogP contribution < -0.4 is 5.32 Å². The Labute approximate surface area is 104 Å². The third-order valence-electron chi connectivity index (χ3n) is 2.52. The summed E-state index contributed by atoms with van der Waals surface area (Å²) in [5.41, 5.74) is -0.446. The average molecular weight is 262 g/mol. The molecule has 0 aromatic rings. The number of hydrogen-bond donors (Lipinski definition) is 1. The van der Waals surface area contributed by atoms with Gasteiger partial charge in [-0.15, -0.1) is 0 Å². The summed E-state index contributed by atoms with van der Waals surface area (Å²) in [6.45, 7) is 7.93. The van der Waals surface area contributed by atoms with Gasteiger partial charge in [-0.3, -0.25) is 4.99 Å². The molecule has 1 fully saturated rings. The summed E-state index contributed by atoms with van der Waals surface area (Å²) in [7, 11) is 0. The Morgan fingerprint density at radius 2 is 2.11 bits per heavy atom. The summed E-state index contributed by atoms with van der Waals surface area (Å²) in [4.78, 5) is 3.43. The average Bonchev–Trinajstić information content (AvgIpc) is 2.27. The first-order valence-electron chi connectivity index (χ1n) is 5.64. The van der Waals surface area contributed by atoms with E-state index in [9.17, 15) is 13.2 Å². The predicted octanol–water partition coefficient (Wildman–Crippen LogP) is 2.46. The van der Waals surface area contributed by atoms with Crippen LogP contribution in [0.15, 0.2) is 28.9 Å². The Hall–Kier alpha value is -1.14. The van der Waals surface area contributed by atoms with E-state index in [-0.39, 0.29) is 12.1 Å². The van der Waals surface area contributed by atoms with E-state index >= 15 is 0 Å². The highest BCUT2D eigenvalue weighted by molar-refractivity contribution is 5.80. The Bertz CT molecular complexity index is 361. The molecule has 2 atom stereocenters. The number of allylic oxidation sites excluding steroid dienone is 2. The van der Waals surface area contributed by atoms with Gasteiger partial charge < -0.3 is 10.1 Å². The molecule has 1 aliphatic heterocycles. The van der Waals surface area contributed by atoms with Gasteiger partial charge in [-0.05, 0) is 19.4 Å². The van der Waals surface area contributed by atoms with Crippen molar-refractivity contribution < 1.29 is 17.9 Å². The number of aliphatic imine (C=N–C) groups is 1. The van der Waals surface area contributed by atoms with Gasteiger partial charge in [-0.25, -0.2) is 0 Å². The van der Waals surface area contributed by atoms with Crippen LogP contribution in [0.4, 0.5) is 13.2 Å². The van der Waals surface area contributed by atoms with Crippen molar-refractivity contribution in [2.45, 2.75) is 32.1 Å². The second-order valence-corrected chi connectivity index (χ2v) is 4.16. The van der Waals surface area contributed by atoms with Crippen LogP contribution in [0.1, 0.15) is 13.8 Å². The first-order chi connectivity index (χ1) is 8.34. The van der Waals surface area contributed by atoms with E-state index in [1.807, 2.05) is 6.92 Å². The second kappa shape index (κ2) is 6.15. The van der Waals surface area contributed by atoms with Crippen LogP contribution in [0, 0.1) is 0 Å². The highest BCUT2D eigenvalue weighted by Crippen LogP contribution is 2.26. The summed E-state index contributed by atoms with van der Waals surface area (Å²) in [6.07, 6.45) is -2.37. The maximum atomic E-state index is 12.4. The van der Waals surface area contributed by atoms with Crippen molar-refractivity contribution in [2.75, 3.05) is 13.2 Å². The molecule has 1 heterocycles. The standard InChI is InChI=1S/C12H17F3N2O/c1-4-11(12(13,14)15)16-5-8(2)10-7-18-6-9(3)17-10/h4-5,9-10,17H,2,6-7H2,1,3H3/b11-4-,16-5-/t9-,10-/m0/s1. The first kappa shape index (κ1) is 14.9. The third kappa shape index (κ3) is 4.27. The zero-order valence-electron chi connectivity index (χ0n) is 10.4. The predicted molar refractivity (Wildman–Crippen MR) is 64.6 cm³/mol. The molecule has 0 radical (unpaired) electrons. The van der Waals surface area contributed by atoms with Crippen LogP contribution in [-0.2, 0) is 4.74 Å². The third-order valence-corrected chi connectivity index (χ3v) is 2.52. The lowest BCUT2D eigenvalue weighted by atomic mass is 10.1. The van der Waals surface area contributed by atoms with Crippen LogP contribution in [0.2, 0.25) is 0 Å². The van der Waals surface area contributed by atoms with Gasteiger partial charge in [-0.1, -0.05) is 12.7 Å². The number of rotatable bonds is 3. The molecule has 0 aromatic carbocycles. The quantitative estimate of drug-likeness (QED) is 0.793. The van der Waals surface area contributed by atoms with Crippen molar-refractivity contribution in [1.29, 1.82) is 0 Å². The number of nitrogens with zero attached hydrogens (tertiary/aromatic N) is 1. The zero-order chi connectivity index (χ0) is 13.8. The summed E-state index contributed by atoms with van der Waals surface area (Å²) >= 11 is 0. The van der Waals surface area contributed by atoms with Gasteiger partial charge in [0.25, 0.3) is 0 Å². The minimum atomic E-state index is -4.44. The van der Waals surface area contributed by atoms with Crippen LogP contribution in [0.5, 0.6) is 0 Å². The van der Waals surface area contributed by atoms with Crippen molar-refractivity contribution in [1.82, 2.24) is 5.32 Å². The van der Waals surface area contributed by atoms with Gasteiger partial charge in [0, 0.05) is 12.3 Å². The lowest BCUT2D eigenvalue weighted by molar-refractivity contribution is -0.0923. The molecule has 0 bridgehead atoms. The number of hydrogen-bond acceptors (Lipinski definition) is 3. The molecule has 0 aliphatic carbocycles. The lowest BCUT2D eigenvalue weighted by Gasteiger charge is -2.29. The van der Waals surface area contributed by atoms with E-state index in [1.165, 1.54) is 6.92 Å². The number of nitrogens with one attached hydrogen (secondary N) is 1. The highest BCUT2D eigenvalue weighted by atomic mass is 19.4. The van der Waals surface area contributed by atoms with E-state index in [1.54, 1.807) is 0 Å². The molecular weight excluding hydrogens is 245 g/mol. The first-order valence-corrected chi connectivity index (χ1v) is 5.64. The maximum absolute atomic E-state index is 12.4. The molecule has 1 saturated heterocycles. The van der Waals surface area contributed by atoms with Gasteiger partial charge >= 0.3 is 6.18 Å². The Morgan fingerprint density at radius 3 is 2.61 bits per heavy atom. The maximum Gasteiger partial charge on any atom is 0.433 e. The molecule has 102 valence electrons. The van der Waals surface area contributed by atoms with Crippen molar-refractivity contribution in [3.63, 3.8) is 0 Å². The largest absolute Gasteiger partial charge is 0.433 e. The van der Waals surface area contributed by atoms with Crippen molar-refractivity contribution in [3.8, 4) is 0 Å². The van der Waals surface area contributed by atoms with E-state index in [0.717, 1.165) is 12.3 Å². The van der Waals surface area contributed by atoms with Crippen LogP contribution in [0.3, 0.4) is 0 Å². The number of halogens is 3. The minimum absolute atomic E-state index is 0.151. The monoisotopic (exact) mass is 262 g/mol. The van der Waals surface area contributed by atoms with E-state index in [0.29, 0.717) is 18.8 Å². The van der Waals surface area contributed by atoms with Gasteiger partial charge in [-0.2, -0.15) is 13.2 Å². The van der Waals surface area contributed by atoms with E-state index < -0.39 is 11.9 Å². The molecule has 0 spiro atoms. The summed E-state index contributed by atoms with van der Waals surface area (Å²) in [5.74, 6) is 0. The Morgan fingerprint density at radius 1 is 1.44 bits per heavy atom. The van der Waals surface area contributed by atoms with Crippen molar-refractivity contribution in [3.05, 3.63) is 23.9 Å². The highest BCUT2D eigenvalue weighted by Gasteiger charge is 2.32. The van der Waals surface area contributed by atoms with Crippen LogP contribution >= 0.6 is 0 Å². The molecule has 0 unspecified atom stereocenters. The van der Waals surface area contributed by atoms with E-state index in [4.69, 9.17) is 4.74 Å². The van der Waals surface area contributed by atoms with Crippen LogP contribution in [0.25, 0.3) is 0 Å². The van der Waals surface area contributed by atoms with Crippen LogP contribution in [-0.4, -0.2) is 37.7 Å². The lowest BCUT2D eigenvalue weighted by Crippen LogP contribution is -2.48. The Kier molecular flexibility index (Phi) is 5.10. The van der Waals surface area contributed by atoms with Gasteiger partial charge in [0.15, 0.2) is 0 Å². The fraction of sp³-hybridized carbons (Fsp3) is 0.583. The summed E-state index contributed by atoms with van der Waals surface area (Å²) in [6, 6.07) is -0.0402. The molecule has 18 heavy (non-hydrogen) atoms. The number of morpholine rings is 1. The molecule has 1 rings (SSSR count). The van der Waals surface area contributed by atoms with E-state index in [2.05, 4.69) is 16.9 Å². The summed E-state index contributed by atoms with van der Waals surface area (Å²) < 4.78 is 42.6. The fourth-order valence-electron chi connectivity index (χ4n) is 1.57. The normalized spacial score (nSPS) is 26.6. The van der Waals surface area contributed by atoms with Gasteiger partial charge in [0.1, 0.15) is 5.70 Å². The molecule has 1 aliphatic rings. The molecule has 0 saturated carbocycles. The molecule has 3 nitrogen and oxygen atoms in total. The number of alkyl halides is 3.